The molecule has 0 aromatic carbocycles. The Morgan fingerprint density at radius 1 is 1.64 bits per heavy atom. The van der Waals surface area contributed by atoms with Crippen molar-refractivity contribution < 1.29 is 8.62 Å². The van der Waals surface area contributed by atoms with Crippen LogP contribution in [0.2, 0.25) is 0 Å². The summed E-state index contributed by atoms with van der Waals surface area (Å²) in [6, 6.07) is 0. The third-order valence-electron chi connectivity index (χ3n) is 2.51. The first-order valence-electron chi connectivity index (χ1n) is 3.78. The van der Waals surface area contributed by atoms with Gasteiger partial charge in [0.2, 0.25) is 0 Å². The monoisotopic (exact) mass is 222 g/mol. The van der Waals surface area contributed by atoms with Crippen molar-refractivity contribution in [2.24, 2.45) is 11.3 Å². The van der Waals surface area contributed by atoms with E-state index in [0.717, 1.165) is 6.42 Å². The van der Waals surface area contributed by atoms with Crippen LogP contribution in [0.15, 0.2) is 0 Å². The summed E-state index contributed by atoms with van der Waals surface area (Å²) in [6.45, 7) is 8.06. The van der Waals surface area contributed by atoms with Crippen molar-refractivity contribution in [2.75, 3.05) is 0 Å². The molecule has 11 heavy (non-hydrogen) atoms. The van der Waals surface area contributed by atoms with Crippen molar-refractivity contribution in [3.63, 3.8) is 0 Å². The highest BCUT2D eigenvalue weighted by Gasteiger charge is 2.30. The van der Waals surface area contributed by atoms with Crippen molar-refractivity contribution in [3.8, 4) is 0 Å². The molecule has 0 aliphatic heterocycles. The van der Waals surface area contributed by atoms with Crippen LogP contribution < -0.4 is 0 Å². The molecule has 0 saturated carbocycles. The van der Waals surface area contributed by atoms with Gasteiger partial charge in [-0.15, -0.1) is 0 Å². The number of carbonyl (C=O) groups excluding carboxylic acids is 1. The molecule has 0 aliphatic carbocycles. The number of hydrogen-bond acceptors (Lipinski definition) is 2. The fourth-order valence-corrected chi connectivity index (χ4v) is 0.972. The Bertz CT molecular complexity index is 143. The van der Waals surface area contributed by atoms with Crippen LogP contribution >= 0.6 is 16.3 Å². The van der Waals surface area contributed by atoms with Crippen LogP contribution in [-0.4, -0.2) is 5.97 Å². The molecular formula is C8H15BrO2. The molecule has 0 amide bonds. The summed E-state index contributed by atoms with van der Waals surface area (Å²) < 4.78 is 4.47. The first kappa shape index (κ1) is 11.0. The Hall–Kier alpha value is -0.0500. The van der Waals surface area contributed by atoms with Crippen LogP contribution in [0.4, 0.5) is 0 Å². The maximum atomic E-state index is 11.0. The van der Waals surface area contributed by atoms with Crippen molar-refractivity contribution in [1.29, 1.82) is 0 Å². The van der Waals surface area contributed by atoms with E-state index in [2.05, 4.69) is 40.9 Å². The SMILES string of the molecule is CCC(C)(C)C(C)C(=O)OBr. The van der Waals surface area contributed by atoms with E-state index in [1.807, 2.05) is 6.92 Å². The zero-order valence-corrected chi connectivity index (χ0v) is 9.06. The molecule has 0 saturated heterocycles. The summed E-state index contributed by atoms with van der Waals surface area (Å²) in [5.74, 6) is -0.260. The van der Waals surface area contributed by atoms with E-state index >= 15 is 0 Å². The van der Waals surface area contributed by atoms with Crippen LogP contribution in [-0.2, 0) is 8.62 Å². The van der Waals surface area contributed by atoms with Gasteiger partial charge in [-0.2, -0.15) is 0 Å². The maximum Gasteiger partial charge on any atom is 0.320 e. The van der Waals surface area contributed by atoms with Gasteiger partial charge in [0.25, 0.3) is 0 Å². The van der Waals surface area contributed by atoms with Crippen molar-refractivity contribution in [3.05, 3.63) is 0 Å². The largest absolute Gasteiger partial charge is 0.383 e. The van der Waals surface area contributed by atoms with Gasteiger partial charge in [-0.25, -0.2) is 0 Å². The molecule has 0 rings (SSSR count). The van der Waals surface area contributed by atoms with E-state index in [-0.39, 0.29) is 17.3 Å². The molecular weight excluding hydrogens is 208 g/mol. The van der Waals surface area contributed by atoms with E-state index in [1.165, 1.54) is 0 Å². The van der Waals surface area contributed by atoms with Gasteiger partial charge in [-0.1, -0.05) is 34.1 Å². The molecule has 0 aromatic rings. The van der Waals surface area contributed by atoms with Crippen LogP contribution in [0.3, 0.4) is 0 Å². The summed E-state index contributed by atoms with van der Waals surface area (Å²) >= 11 is 2.69. The van der Waals surface area contributed by atoms with Crippen LogP contribution in [0, 0.1) is 11.3 Å². The lowest BCUT2D eigenvalue weighted by Gasteiger charge is -2.27. The molecule has 1 unspecified atom stereocenters. The predicted octanol–water partition coefficient (Wildman–Crippen LogP) is 2.91. The second kappa shape index (κ2) is 4.10. The highest BCUT2D eigenvalue weighted by Crippen LogP contribution is 2.31. The van der Waals surface area contributed by atoms with Gasteiger partial charge in [-0.3, -0.25) is 4.79 Å². The van der Waals surface area contributed by atoms with E-state index in [9.17, 15) is 4.79 Å². The molecule has 0 bridgehead atoms. The fourth-order valence-electron chi connectivity index (χ4n) is 0.692. The van der Waals surface area contributed by atoms with Gasteiger partial charge >= 0.3 is 5.97 Å². The van der Waals surface area contributed by atoms with Gasteiger partial charge in [0.1, 0.15) is 0 Å². The highest BCUT2D eigenvalue weighted by atomic mass is 79.9. The van der Waals surface area contributed by atoms with Crippen LogP contribution in [0.25, 0.3) is 0 Å². The van der Waals surface area contributed by atoms with Crippen LogP contribution in [0.5, 0.6) is 0 Å². The van der Waals surface area contributed by atoms with E-state index < -0.39 is 0 Å². The third-order valence-corrected chi connectivity index (χ3v) is 2.83. The molecule has 2 nitrogen and oxygen atoms in total. The summed E-state index contributed by atoms with van der Waals surface area (Å²) in [7, 11) is 0. The number of halogens is 1. The quantitative estimate of drug-likeness (QED) is 0.735. The first-order chi connectivity index (χ1) is 4.95. The normalized spacial score (nSPS) is 14.3. The predicted molar refractivity (Wildman–Crippen MR) is 48.3 cm³/mol. The van der Waals surface area contributed by atoms with Crippen molar-refractivity contribution in [2.45, 2.75) is 34.1 Å². The van der Waals surface area contributed by atoms with Crippen molar-refractivity contribution >= 4 is 22.2 Å². The molecule has 1 atom stereocenters. The van der Waals surface area contributed by atoms with Crippen molar-refractivity contribution in [1.82, 2.24) is 0 Å². The van der Waals surface area contributed by atoms with Gasteiger partial charge in [0.15, 0.2) is 16.3 Å². The zero-order chi connectivity index (χ0) is 9.07. The molecule has 0 spiro atoms. The van der Waals surface area contributed by atoms with Gasteiger partial charge in [-0.05, 0) is 5.41 Å². The average Bonchev–Trinajstić information content (AvgIpc) is 2.01. The Morgan fingerprint density at radius 3 is 2.36 bits per heavy atom. The van der Waals surface area contributed by atoms with Gasteiger partial charge < -0.3 is 3.83 Å². The standard InChI is InChI=1S/C8H15BrO2/c1-5-8(3,4)6(2)7(10)11-9/h6H,5H2,1-4H3. The number of carbonyl (C=O) groups is 1. The molecule has 0 fully saturated rings. The maximum absolute atomic E-state index is 11.0. The smallest absolute Gasteiger partial charge is 0.320 e. The highest BCUT2D eigenvalue weighted by molar-refractivity contribution is 9.06. The second-order valence-electron chi connectivity index (χ2n) is 3.46. The Balaban J connectivity index is 4.22. The Kier molecular flexibility index (Phi) is 4.08. The van der Waals surface area contributed by atoms with E-state index in [0.29, 0.717) is 0 Å². The minimum Gasteiger partial charge on any atom is -0.383 e. The van der Waals surface area contributed by atoms with Gasteiger partial charge in [0, 0.05) is 0 Å². The topological polar surface area (TPSA) is 26.3 Å². The average molecular weight is 223 g/mol. The molecule has 0 heterocycles. The lowest BCUT2D eigenvalue weighted by Crippen LogP contribution is -2.27. The van der Waals surface area contributed by atoms with Gasteiger partial charge in [0.05, 0.1) is 5.92 Å². The summed E-state index contributed by atoms with van der Waals surface area (Å²) in [5.41, 5.74) is 0.0187. The zero-order valence-electron chi connectivity index (χ0n) is 7.48. The lowest BCUT2D eigenvalue weighted by atomic mass is 9.78. The Labute approximate surface area is 76.8 Å². The first-order valence-corrected chi connectivity index (χ1v) is 4.43. The third kappa shape index (κ3) is 2.81. The molecule has 0 radical (unpaired) electrons. The lowest BCUT2D eigenvalue weighted by molar-refractivity contribution is -0.140. The number of hydrogen-bond donors (Lipinski definition) is 0. The summed E-state index contributed by atoms with van der Waals surface area (Å²) in [6.07, 6.45) is 0.969. The molecule has 66 valence electrons. The molecule has 3 heteroatoms. The van der Waals surface area contributed by atoms with E-state index in [4.69, 9.17) is 0 Å². The number of rotatable bonds is 3. The fraction of sp³-hybridized carbons (Fsp3) is 0.875. The Morgan fingerprint density at radius 2 is 2.09 bits per heavy atom. The van der Waals surface area contributed by atoms with E-state index in [1.54, 1.807) is 0 Å². The van der Waals surface area contributed by atoms with Crippen LogP contribution in [0.1, 0.15) is 34.1 Å². The second-order valence-corrected chi connectivity index (χ2v) is 3.78. The minimum atomic E-state index is -0.197. The summed E-state index contributed by atoms with van der Waals surface area (Å²) in [4.78, 5) is 11.0. The minimum absolute atomic E-state index is 0.0187. The summed E-state index contributed by atoms with van der Waals surface area (Å²) in [5, 5.41) is 0. The molecule has 0 aliphatic rings. The molecule has 0 N–H and O–H groups in total. The molecule has 0 aromatic heterocycles.